The van der Waals surface area contributed by atoms with Crippen molar-refractivity contribution in [3.63, 3.8) is 0 Å². The molecule has 5 aromatic rings. The van der Waals surface area contributed by atoms with Gasteiger partial charge >= 0.3 is 0 Å². The van der Waals surface area contributed by atoms with Gasteiger partial charge in [0.15, 0.2) is 5.82 Å². The predicted octanol–water partition coefficient (Wildman–Crippen LogP) is 5.15. The fourth-order valence-electron chi connectivity index (χ4n) is 4.21. The van der Waals surface area contributed by atoms with Crippen LogP contribution in [0.3, 0.4) is 0 Å². The molecule has 3 heterocycles. The zero-order chi connectivity index (χ0) is 28.3. The highest BCUT2D eigenvalue weighted by molar-refractivity contribution is 6.38. The number of aliphatic hydroxyl groups is 1. The zero-order valence-electron chi connectivity index (χ0n) is 22.0. The summed E-state index contributed by atoms with van der Waals surface area (Å²) in [4.78, 5) is 22.9. The first-order valence-electron chi connectivity index (χ1n) is 12.5. The van der Waals surface area contributed by atoms with E-state index in [1.54, 1.807) is 26.1 Å². The van der Waals surface area contributed by atoms with Crippen molar-refractivity contribution in [2.24, 2.45) is 15.9 Å². The number of aromatic nitrogens is 4. The molecule has 0 radical (unpaired) electrons. The lowest BCUT2D eigenvalue weighted by atomic mass is 10.0. The number of nitrogens with zero attached hydrogens (tertiary/aromatic N) is 6. The number of hydrogen-bond donors (Lipinski definition) is 3. The monoisotopic (exact) mass is 550 g/mol. The third-order valence-electron chi connectivity index (χ3n) is 6.18. The van der Waals surface area contributed by atoms with Gasteiger partial charge in [0.1, 0.15) is 17.0 Å². The quantitative estimate of drug-likeness (QED) is 0.144. The Bertz CT molecular complexity index is 1750. The Labute approximate surface area is 236 Å². The number of aliphatic imine (C=N–C) groups is 1. The number of halogens is 1. The summed E-state index contributed by atoms with van der Waals surface area (Å²) in [6.45, 7) is 3.59. The lowest BCUT2D eigenvalue weighted by Gasteiger charge is -2.16. The summed E-state index contributed by atoms with van der Waals surface area (Å²) >= 11 is 6.62. The molecule has 5 N–H and O–H groups in total. The molecule has 5 rings (SSSR count). The van der Waals surface area contributed by atoms with E-state index in [2.05, 4.69) is 20.1 Å². The minimum atomic E-state index is -1.06. The van der Waals surface area contributed by atoms with Gasteiger partial charge in [-0.1, -0.05) is 54.1 Å². The van der Waals surface area contributed by atoms with E-state index >= 15 is 0 Å². The first kappa shape index (κ1) is 26.9. The van der Waals surface area contributed by atoms with Crippen molar-refractivity contribution in [1.82, 2.24) is 19.9 Å². The van der Waals surface area contributed by atoms with Gasteiger partial charge in [0.05, 0.1) is 46.1 Å². The maximum absolute atomic E-state index is 10.3. The molecule has 200 valence electrons. The molecule has 0 aliphatic carbocycles. The highest BCUT2D eigenvalue weighted by atomic mass is 35.5. The summed E-state index contributed by atoms with van der Waals surface area (Å²) in [6, 6.07) is 22.6. The van der Waals surface area contributed by atoms with Crippen LogP contribution in [0.2, 0.25) is 5.02 Å². The molecule has 3 aromatic heterocycles. The molecular weight excluding hydrogens is 524 g/mol. The maximum Gasteiger partial charge on any atom is 0.152 e. The molecule has 9 nitrogen and oxygen atoms in total. The van der Waals surface area contributed by atoms with E-state index in [1.807, 2.05) is 66.7 Å². The largest absolute Gasteiger partial charge is 0.384 e. The van der Waals surface area contributed by atoms with Crippen molar-refractivity contribution in [1.29, 1.82) is 0 Å². The summed E-state index contributed by atoms with van der Waals surface area (Å²) in [5.74, 6) is 5.91. The van der Waals surface area contributed by atoms with Crippen molar-refractivity contribution in [2.75, 3.05) is 5.73 Å². The van der Waals surface area contributed by atoms with Gasteiger partial charge in [-0.2, -0.15) is 5.10 Å². The van der Waals surface area contributed by atoms with Gasteiger partial charge in [-0.25, -0.2) is 9.97 Å². The average molecular weight is 551 g/mol. The van der Waals surface area contributed by atoms with Gasteiger partial charge in [-0.05, 0) is 44.2 Å². The van der Waals surface area contributed by atoms with E-state index in [-0.39, 0.29) is 23.8 Å². The number of hydrazone groups is 1. The molecule has 0 saturated carbocycles. The Morgan fingerprint density at radius 3 is 2.48 bits per heavy atom. The first-order valence-corrected chi connectivity index (χ1v) is 12.9. The molecule has 0 aliphatic rings. The molecule has 40 heavy (non-hydrogen) atoms. The third kappa shape index (κ3) is 5.66. The number of pyridine rings is 2. The van der Waals surface area contributed by atoms with Crippen LogP contribution in [0.1, 0.15) is 30.9 Å². The van der Waals surface area contributed by atoms with Crippen molar-refractivity contribution in [2.45, 2.75) is 26.0 Å². The second kappa shape index (κ2) is 11.2. The highest BCUT2D eigenvalue weighted by Crippen LogP contribution is 2.35. The molecule has 0 atom stereocenters. The molecule has 0 spiro atoms. The molecule has 2 aromatic carbocycles. The van der Waals surface area contributed by atoms with E-state index < -0.39 is 5.60 Å². The van der Waals surface area contributed by atoms with Crippen molar-refractivity contribution in [3.8, 4) is 22.5 Å². The van der Waals surface area contributed by atoms with E-state index in [0.717, 1.165) is 16.5 Å². The molecule has 0 unspecified atom stereocenters. The van der Waals surface area contributed by atoms with Crippen molar-refractivity contribution in [3.05, 3.63) is 101 Å². The van der Waals surface area contributed by atoms with E-state index in [4.69, 9.17) is 33.1 Å². The standard InChI is InChI=1S/C30H27ClN8O/c1-30(2,40)24-12-6-11-21(36-24)16-34-17-23(39-33)28-29(32)38-26(18-8-4-3-5-9-18)27(37-28)20-14-19-10-7-13-35-25(19)22(31)15-20/h3-15,17,40H,16,33H2,1-2H3,(H2,32,38)/b34-17?,39-23+. The van der Waals surface area contributed by atoms with Crippen molar-refractivity contribution < 1.29 is 5.11 Å². The summed E-state index contributed by atoms with van der Waals surface area (Å²) < 4.78 is 0. The topological polar surface area (TPSA) is 149 Å². The van der Waals surface area contributed by atoms with Crippen LogP contribution >= 0.6 is 11.6 Å². The highest BCUT2D eigenvalue weighted by Gasteiger charge is 2.20. The second-order valence-corrected chi connectivity index (χ2v) is 10.0. The van der Waals surface area contributed by atoms with Crippen LogP contribution in [0, 0.1) is 0 Å². The Morgan fingerprint density at radius 2 is 1.73 bits per heavy atom. The number of rotatable bonds is 7. The Kier molecular flexibility index (Phi) is 7.50. The fourth-order valence-corrected chi connectivity index (χ4v) is 4.49. The number of anilines is 1. The molecule has 0 fully saturated rings. The summed E-state index contributed by atoms with van der Waals surface area (Å²) in [7, 11) is 0. The summed E-state index contributed by atoms with van der Waals surface area (Å²) in [5, 5.41) is 15.5. The van der Waals surface area contributed by atoms with Crippen LogP contribution in [0.5, 0.6) is 0 Å². The lowest BCUT2D eigenvalue weighted by Crippen LogP contribution is -2.18. The van der Waals surface area contributed by atoms with Gasteiger partial charge in [0.2, 0.25) is 0 Å². The van der Waals surface area contributed by atoms with Crippen LogP contribution in [0.15, 0.2) is 89.1 Å². The van der Waals surface area contributed by atoms with Gasteiger partial charge in [-0.15, -0.1) is 0 Å². The third-order valence-corrected chi connectivity index (χ3v) is 6.47. The minimum Gasteiger partial charge on any atom is -0.384 e. The van der Waals surface area contributed by atoms with Gasteiger partial charge in [-0.3, -0.25) is 15.0 Å². The molecule has 0 bridgehead atoms. The first-order chi connectivity index (χ1) is 19.2. The second-order valence-electron chi connectivity index (χ2n) is 9.61. The van der Waals surface area contributed by atoms with Crippen LogP contribution in [-0.2, 0) is 12.1 Å². The molecule has 0 saturated heterocycles. The van der Waals surface area contributed by atoms with E-state index in [1.165, 1.54) is 6.21 Å². The van der Waals surface area contributed by atoms with Gasteiger partial charge in [0, 0.05) is 22.7 Å². The zero-order valence-corrected chi connectivity index (χ0v) is 22.7. The number of nitrogens with two attached hydrogens (primary N) is 2. The van der Waals surface area contributed by atoms with Gasteiger partial charge < -0.3 is 16.7 Å². The lowest BCUT2D eigenvalue weighted by molar-refractivity contribution is 0.0736. The normalized spacial score (nSPS) is 12.3. The van der Waals surface area contributed by atoms with Crippen molar-refractivity contribution >= 4 is 40.2 Å². The molecule has 0 aliphatic heterocycles. The number of hydrogen-bond acceptors (Lipinski definition) is 9. The van der Waals surface area contributed by atoms with Crippen LogP contribution < -0.4 is 11.6 Å². The Hall–Kier alpha value is -4.73. The number of benzene rings is 2. The number of fused-ring (bicyclic) bond motifs is 1. The van der Waals surface area contributed by atoms with Crippen LogP contribution in [0.4, 0.5) is 5.82 Å². The molecule has 10 heteroatoms. The average Bonchev–Trinajstić information content (AvgIpc) is 2.96. The van der Waals surface area contributed by atoms with Crippen LogP contribution in [0.25, 0.3) is 33.4 Å². The summed E-state index contributed by atoms with van der Waals surface area (Å²) in [6.07, 6.45) is 3.19. The smallest absolute Gasteiger partial charge is 0.152 e. The molecular formula is C30H27ClN8O. The van der Waals surface area contributed by atoms with E-state index in [9.17, 15) is 5.11 Å². The van der Waals surface area contributed by atoms with Gasteiger partial charge in [0.25, 0.3) is 0 Å². The molecule has 0 amide bonds. The Morgan fingerprint density at radius 1 is 0.950 bits per heavy atom. The SMILES string of the molecule is CC(C)(O)c1cccc(CN=C/C(=N\N)c2nc(-c3cc(Cl)c4ncccc4c3)c(-c3ccccc3)nc2N)n1. The predicted molar refractivity (Wildman–Crippen MR) is 160 cm³/mol. The number of nitrogen functional groups attached to an aromatic ring is 1. The Balaban J connectivity index is 1.57. The van der Waals surface area contributed by atoms with Crippen LogP contribution in [-0.4, -0.2) is 37.0 Å². The van der Waals surface area contributed by atoms with E-state index in [0.29, 0.717) is 33.3 Å². The fraction of sp³-hybridized carbons (Fsp3) is 0.133. The summed E-state index contributed by atoms with van der Waals surface area (Å²) in [5.41, 5.74) is 10.5. The minimum absolute atomic E-state index is 0.147. The maximum atomic E-state index is 10.3.